The molecule has 0 bridgehead atoms. The predicted octanol–water partition coefficient (Wildman–Crippen LogP) is -1.18. The molecule has 1 saturated heterocycles. The molecule has 66 valence electrons. The number of esters is 1. The summed E-state index contributed by atoms with van der Waals surface area (Å²) in [4.78, 5) is 32.0. The molecular formula is C7H8O5. The highest BCUT2D eigenvalue weighted by Crippen LogP contribution is 2.12. The minimum atomic E-state index is -1.28. The van der Waals surface area contributed by atoms with E-state index in [4.69, 9.17) is 5.11 Å². The highest BCUT2D eigenvalue weighted by Gasteiger charge is 2.45. The van der Waals surface area contributed by atoms with Crippen LogP contribution in [0.25, 0.3) is 0 Å². The Bertz CT molecular complexity index is 244. The number of Topliss-reactive ketones (excluding diaryl/α,β-unsaturated/α-hetero) is 2. The van der Waals surface area contributed by atoms with Gasteiger partial charge in [0.05, 0.1) is 6.10 Å². The number of hydrogen-bond acceptors (Lipinski definition) is 5. The molecule has 0 saturated carbocycles. The van der Waals surface area contributed by atoms with Gasteiger partial charge in [-0.1, -0.05) is 6.92 Å². The SMILES string of the molecule is CCC(O)C1OC(=O)C(=O)C1=O. The highest BCUT2D eigenvalue weighted by atomic mass is 16.6. The number of ether oxygens (including phenoxy) is 1. The van der Waals surface area contributed by atoms with Crippen molar-refractivity contribution in [3.05, 3.63) is 0 Å². The number of ketones is 2. The molecule has 1 aliphatic rings. The molecule has 0 aromatic heterocycles. The van der Waals surface area contributed by atoms with E-state index in [1.165, 1.54) is 0 Å². The van der Waals surface area contributed by atoms with Crippen LogP contribution in [-0.2, 0) is 19.1 Å². The van der Waals surface area contributed by atoms with Gasteiger partial charge in [0.2, 0.25) is 0 Å². The van der Waals surface area contributed by atoms with Crippen LogP contribution in [0.3, 0.4) is 0 Å². The Hall–Kier alpha value is -1.23. The fraction of sp³-hybridized carbons (Fsp3) is 0.571. The second kappa shape index (κ2) is 3.02. The van der Waals surface area contributed by atoms with Crippen LogP contribution in [0, 0.1) is 0 Å². The largest absolute Gasteiger partial charge is 0.445 e. The van der Waals surface area contributed by atoms with Crippen LogP contribution in [0.4, 0.5) is 0 Å². The fourth-order valence-electron chi connectivity index (χ4n) is 0.920. The molecule has 0 aliphatic carbocycles. The molecule has 2 unspecified atom stereocenters. The summed E-state index contributed by atoms with van der Waals surface area (Å²) < 4.78 is 4.35. The number of rotatable bonds is 2. The van der Waals surface area contributed by atoms with Crippen LogP contribution in [0.5, 0.6) is 0 Å². The first-order valence-electron chi connectivity index (χ1n) is 3.55. The molecule has 1 heterocycles. The summed E-state index contributed by atoms with van der Waals surface area (Å²) in [5.41, 5.74) is 0. The topological polar surface area (TPSA) is 80.7 Å². The summed E-state index contributed by atoms with van der Waals surface area (Å²) in [6, 6.07) is 0. The molecule has 5 heteroatoms. The fourth-order valence-corrected chi connectivity index (χ4v) is 0.920. The van der Waals surface area contributed by atoms with Crippen molar-refractivity contribution in [2.24, 2.45) is 0 Å². The van der Waals surface area contributed by atoms with Gasteiger partial charge in [-0.3, -0.25) is 9.59 Å². The summed E-state index contributed by atoms with van der Waals surface area (Å²) in [5.74, 6) is -3.29. The van der Waals surface area contributed by atoms with Gasteiger partial charge in [-0.05, 0) is 6.42 Å². The zero-order chi connectivity index (χ0) is 9.30. The van der Waals surface area contributed by atoms with Crippen molar-refractivity contribution in [1.29, 1.82) is 0 Å². The lowest BCUT2D eigenvalue weighted by molar-refractivity contribution is -0.151. The molecule has 0 aromatic carbocycles. The minimum Gasteiger partial charge on any atom is -0.445 e. The van der Waals surface area contributed by atoms with E-state index >= 15 is 0 Å². The standard InChI is InChI=1S/C7H8O5/c1-2-3(8)6-4(9)5(10)7(11)12-6/h3,6,8H,2H2,1H3. The summed E-state index contributed by atoms with van der Waals surface area (Å²) in [5, 5.41) is 9.11. The third-order valence-electron chi connectivity index (χ3n) is 1.67. The highest BCUT2D eigenvalue weighted by molar-refractivity contribution is 6.65. The van der Waals surface area contributed by atoms with Gasteiger partial charge in [0, 0.05) is 0 Å². The van der Waals surface area contributed by atoms with Crippen LogP contribution in [-0.4, -0.2) is 34.9 Å². The Labute approximate surface area is 68.3 Å². The van der Waals surface area contributed by atoms with Gasteiger partial charge in [0.15, 0.2) is 6.10 Å². The van der Waals surface area contributed by atoms with Crippen LogP contribution in [0.15, 0.2) is 0 Å². The Balaban J connectivity index is 2.78. The second-order valence-electron chi connectivity index (χ2n) is 2.49. The summed E-state index contributed by atoms with van der Waals surface area (Å²) in [6.45, 7) is 1.62. The van der Waals surface area contributed by atoms with E-state index in [1.807, 2.05) is 0 Å². The number of aliphatic hydroxyl groups is 1. The molecule has 1 N–H and O–H groups in total. The average molecular weight is 172 g/mol. The Morgan fingerprint density at radius 2 is 2.08 bits per heavy atom. The molecule has 1 aliphatic heterocycles. The van der Waals surface area contributed by atoms with Crippen molar-refractivity contribution < 1.29 is 24.2 Å². The molecule has 1 rings (SSSR count). The molecule has 1 fully saturated rings. The van der Waals surface area contributed by atoms with Crippen molar-refractivity contribution in [1.82, 2.24) is 0 Å². The summed E-state index contributed by atoms with van der Waals surface area (Å²) in [6.07, 6.45) is -2.10. The third kappa shape index (κ3) is 1.23. The molecule has 0 radical (unpaired) electrons. The lowest BCUT2D eigenvalue weighted by Crippen LogP contribution is -2.32. The zero-order valence-corrected chi connectivity index (χ0v) is 6.44. The van der Waals surface area contributed by atoms with E-state index in [-0.39, 0.29) is 6.42 Å². The van der Waals surface area contributed by atoms with E-state index in [1.54, 1.807) is 6.92 Å². The van der Waals surface area contributed by atoms with E-state index in [0.717, 1.165) is 0 Å². The Morgan fingerprint density at radius 3 is 2.42 bits per heavy atom. The van der Waals surface area contributed by atoms with E-state index in [9.17, 15) is 14.4 Å². The predicted molar refractivity (Wildman–Crippen MR) is 36.2 cm³/mol. The van der Waals surface area contributed by atoms with Crippen molar-refractivity contribution in [2.75, 3.05) is 0 Å². The number of carbonyl (C=O) groups is 3. The zero-order valence-electron chi connectivity index (χ0n) is 6.44. The Kier molecular flexibility index (Phi) is 2.23. The number of cyclic esters (lactones) is 1. The number of carbonyl (C=O) groups excluding carboxylic acids is 3. The van der Waals surface area contributed by atoms with E-state index in [2.05, 4.69) is 4.74 Å². The third-order valence-corrected chi connectivity index (χ3v) is 1.67. The molecule has 2 atom stereocenters. The monoisotopic (exact) mass is 172 g/mol. The molecule has 12 heavy (non-hydrogen) atoms. The van der Waals surface area contributed by atoms with Gasteiger partial charge < -0.3 is 9.84 Å². The Morgan fingerprint density at radius 1 is 1.50 bits per heavy atom. The first-order valence-corrected chi connectivity index (χ1v) is 3.55. The second-order valence-corrected chi connectivity index (χ2v) is 2.49. The molecule has 0 amide bonds. The van der Waals surface area contributed by atoms with Crippen molar-refractivity contribution >= 4 is 17.5 Å². The van der Waals surface area contributed by atoms with Gasteiger partial charge >= 0.3 is 11.8 Å². The minimum absolute atomic E-state index is 0.261. The first kappa shape index (κ1) is 8.86. The van der Waals surface area contributed by atoms with Crippen molar-refractivity contribution in [3.8, 4) is 0 Å². The smallest absolute Gasteiger partial charge is 0.383 e. The normalized spacial score (nSPS) is 25.8. The van der Waals surface area contributed by atoms with Crippen LogP contribution in [0.1, 0.15) is 13.3 Å². The lowest BCUT2D eigenvalue weighted by atomic mass is 10.1. The van der Waals surface area contributed by atoms with Crippen molar-refractivity contribution in [3.63, 3.8) is 0 Å². The first-order chi connectivity index (χ1) is 5.57. The van der Waals surface area contributed by atoms with Gasteiger partial charge in [0.1, 0.15) is 0 Å². The lowest BCUT2D eigenvalue weighted by Gasteiger charge is -2.11. The quantitative estimate of drug-likeness (QED) is 0.419. The van der Waals surface area contributed by atoms with E-state index in [0.29, 0.717) is 0 Å². The average Bonchev–Trinajstić information content (AvgIpc) is 2.32. The maximum Gasteiger partial charge on any atom is 0.383 e. The van der Waals surface area contributed by atoms with Gasteiger partial charge in [0.25, 0.3) is 5.78 Å². The van der Waals surface area contributed by atoms with Gasteiger partial charge in [-0.2, -0.15) is 0 Å². The number of aliphatic hydroxyl groups excluding tert-OH is 1. The molecule has 0 aromatic rings. The molecule has 0 spiro atoms. The summed E-state index contributed by atoms with van der Waals surface area (Å²) in [7, 11) is 0. The molecular weight excluding hydrogens is 164 g/mol. The van der Waals surface area contributed by atoms with Crippen LogP contribution < -0.4 is 0 Å². The maximum atomic E-state index is 10.9. The van der Waals surface area contributed by atoms with E-state index < -0.39 is 29.7 Å². The molecule has 5 nitrogen and oxygen atoms in total. The maximum absolute atomic E-state index is 10.9. The van der Waals surface area contributed by atoms with Crippen LogP contribution >= 0.6 is 0 Å². The number of hydrogen-bond donors (Lipinski definition) is 1. The van der Waals surface area contributed by atoms with Crippen molar-refractivity contribution in [2.45, 2.75) is 25.6 Å². The van der Waals surface area contributed by atoms with Crippen LogP contribution in [0.2, 0.25) is 0 Å². The van der Waals surface area contributed by atoms with Gasteiger partial charge in [-0.15, -0.1) is 0 Å². The van der Waals surface area contributed by atoms with Gasteiger partial charge in [-0.25, -0.2) is 4.79 Å². The summed E-state index contributed by atoms with van der Waals surface area (Å²) >= 11 is 0.